The molecular formula is C13H8Cl3NOS. The number of nitrogens with one attached hydrogen (secondary N) is 1. The number of methoxy groups -OCH3 is 1. The van der Waals surface area contributed by atoms with Gasteiger partial charge in [0.15, 0.2) is 0 Å². The van der Waals surface area contributed by atoms with Crippen LogP contribution in [0.15, 0.2) is 34.1 Å². The van der Waals surface area contributed by atoms with Crippen molar-refractivity contribution in [1.82, 2.24) is 0 Å². The van der Waals surface area contributed by atoms with Crippen LogP contribution in [-0.4, -0.2) is 7.11 Å². The SMILES string of the molecule is COc1cc(Cl)c2c(c1)Sc1cc(Cl)cc(Cl)c1N2. The number of hydrogen-bond acceptors (Lipinski definition) is 3. The number of rotatable bonds is 1. The van der Waals surface area contributed by atoms with Crippen LogP contribution in [0.25, 0.3) is 0 Å². The monoisotopic (exact) mass is 331 g/mol. The number of halogens is 3. The van der Waals surface area contributed by atoms with E-state index in [2.05, 4.69) is 5.32 Å². The molecule has 1 heterocycles. The van der Waals surface area contributed by atoms with Crippen molar-refractivity contribution in [3.8, 4) is 5.75 Å². The summed E-state index contributed by atoms with van der Waals surface area (Å²) in [6.45, 7) is 0. The second-order valence-electron chi connectivity index (χ2n) is 3.97. The molecule has 19 heavy (non-hydrogen) atoms. The Hall–Kier alpha value is -0.740. The van der Waals surface area contributed by atoms with Gasteiger partial charge in [0.2, 0.25) is 0 Å². The molecule has 1 N–H and O–H groups in total. The lowest BCUT2D eigenvalue weighted by molar-refractivity contribution is 0.414. The molecule has 1 aliphatic rings. The highest BCUT2D eigenvalue weighted by atomic mass is 35.5. The first-order valence-electron chi connectivity index (χ1n) is 5.40. The van der Waals surface area contributed by atoms with E-state index in [1.165, 1.54) is 0 Å². The lowest BCUT2D eigenvalue weighted by atomic mass is 10.2. The van der Waals surface area contributed by atoms with E-state index in [0.29, 0.717) is 15.1 Å². The van der Waals surface area contributed by atoms with Crippen molar-refractivity contribution in [2.75, 3.05) is 12.4 Å². The van der Waals surface area contributed by atoms with E-state index in [1.807, 2.05) is 12.1 Å². The summed E-state index contributed by atoms with van der Waals surface area (Å²) in [5, 5.41) is 5.04. The van der Waals surface area contributed by atoms with Gasteiger partial charge in [0.1, 0.15) is 5.75 Å². The quantitative estimate of drug-likeness (QED) is 0.602. The maximum absolute atomic E-state index is 6.25. The average Bonchev–Trinajstić information content (AvgIpc) is 2.36. The standard InChI is InChI=1S/C13H8Cl3NOS/c1-18-7-4-9(16)13-11(5-7)19-10-3-6(14)2-8(15)12(10)17-13/h2-5,17H,1H3. The Morgan fingerprint density at radius 2 is 1.58 bits per heavy atom. The first-order chi connectivity index (χ1) is 9.08. The molecule has 98 valence electrons. The number of fused-ring (bicyclic) bond motifs is 2. The molecular weight excluding hydrogens is 325 g/mol. The minimum atomic E-state index is 0.576. The maximum atomic E-state index is 6.25. The summed E-state index contributed by atoms with van der Waals surface area (Å²) < 4.78 is 5.22. The third kappa shape index (κ3) is 2.36. The van der Waals surface area contributed by atoms with E-state index in [-0.39, 0.29) is 0 Å². The summed E-state index contributed by atoms with van der Waals surface area (Å²) in [6.07, 6.45) is 0. The second-order valence-corrected chi connectivity index (χ2v) is 6.30. The highest BCUT2D eigenvalue weighted by Crippen LogP contribution is 2.51. The van der Waals surface area contributed by atoms with Gasteiger partial charge in [-0.15, -0.1) is 0 Å². The van der Waals surface area contributed by atoms with Gasteiger partial charge in [-0.1, -0.05) is 46.6 Å². The average molecular weight is 333 g/mol. The van der Waals surface area contributed by atoms with Gasteiger partial charge in [-0.2, -0.15) is 0 Å². The Kier molecular flexibility index (Phi) is 3.48. The fourth-order valence-electron chi connectivity index (χ4n) is 1.87. The molecule has 3 rings (SSSR count). The van der Waals surface area contributed by atoms with Crippen molar-refractivity contribution in [3.05, 3.63) is 39.3 Å². The predicted molar refractivity (Wildman–Crippen MR) is 81.9 cm³/mol. The molecule has 0 atom stereocenters. The first-order valence-corrected chi connectivity index (χ1v) is 7.35. The van der Waals surface area contributed by atoms with Gasteiger partial charge in [-0.3, -0.25) is 0 Å². The van der Waals surface area contributed by atoms with Crippen LogP contribution in [0.2, 0.25) is 15.1 Å². The molecule has 0 saturated carbocycles. The van der Waals surface area contributed by atoms with Crippen LogP contribution in [0.4, 0.5) is 11.4 Å². The predicted octanol–water partition coefficient (Wildman–Crippen LogP) is 5.86. The van der Waals surface area contributed by atoms with Gasteiger partial charge >= 0.3 is 0 Å². The molecule has 0 aromatic heterocycles. The van der Waals surface area contributed by atoms with Crippen LogP contribution in [0.3, 0.4) is 0 Å². The summed E-state index contributed by atoms with van der Waals surface area (Å²) in [5.74, 6) is 0.717. The second kappa shape index (κ2) is 4.98. The van der Waals surface area contributed by atoms with E-state index in [1.54, 1.807) is 31.0 Å². The zero-order chi connectivity index (χ0) is 13.6. The number of anilines is 2. The molecule has 0 aliphatic carbocycles. The Labute approximate surface area is 130 Å². The molecule has 0 radical (unpaired) electrons. The summed E-state index contributed by atoms with van der Waals surface area (Å²) in [5.41, 5.74) is 1.67. The Bertz CT molecular complexity index is 675. The topological polar surface area (TPSA) is 21.3 Å². The van der Waals surface area contributed by atoms with Crippen LogP contribution in [0.1, 0.15) is 0 Å². The molecule has 0 spiro atoms. The van der Waals surface area contributed by atoms with Crippen molar-refractivity contribution in [2.45, 2.75) is 9.79 Å². The van der Waals surface area contributed by atoms with Crippen molar-refractivity contribution >= 4 is 57.9 Å². The van der Waals surface area contributed by atoms with Gasteiger partial charge < -0.3 is 10.1 Å². The van der Waals surface area contributed by atoms with Crippen LogP contribution >= 0.6 is 46.6 Å². The molecule has 2 aromatic carbocycles. The number of ether oxygens (including phenoxy) is 1. The molecule has 0 fully saturated rings. The lowest BCUT2D eigenvalue weighted by Gasteiger charge is -2.23. The first kappa shape index (κ1) is 13.3. The zero-order valence-electron chi connectivity index (χ0n) is 9.76. The van der Waals surface area contributed by atoms with Gasteiger partial charge in [0, 0.05) is 20.9 Å². The van der Waals surface area contributed by atoms with Gasteiger partial charge in [0.25, 0.3) is 0 Å². The van der Waals surface area contributed by atoms with Crippen LogP contribution in [0.5, 0.6) is 5.75 Å². The molecule has 2 aromatic rings. The van der Waals surface area contributed by atoms with Crippen LogP contribution in [-0.2, 0) is 0 Å². The lowest BCUT2D eigenvalue weighted by Crippen LogP contribution is -2.02. The van der Waals surface area contributed by atoms with E-state index >= 15 is 0 Å². The van der Waals surface area contributed by atoms with Gasteiger partial charge in [-0.05, 0) is 18.2 Å². The normalized spacial score (nSPS) is 12.4. The molecule has 0 unspecified atom stereocenters. The Balaban J connectivity index is 2.14. The fraction of sp³-hybridized carbons (Fsp3) is 0.0769. The molecule has 2 nitrogen and oxygen atoms in total. The third-order valence-corrected chi connectivity index (χ3v) is 4.65. The Morgan fingerprint density at radius 3 is 2.26 bits per heavy atom. The van der Waals surface area contributed by atoms with Crippen molar-refractivity contribution in [2.24, 2.45) is 0 Å². The number of benzene rings is 2. The van der Waals surface area contributed by atoms with Gasteiger partial charge in [0.05, 0.1) is 28.5 Å². The zero-order valence-corrected chi connectivity index (χ0v) is 12.8. The summed E-state index contributed by atoms with van der Waals surface area (Å²) in [4.78, 5) is 1.95. The number of hydrogen-bond donors (Lipinski definition) is 1. The summed E-state index contributed by atoms with van der Waals surface area (Å²) >= 11 is 20.0. The van der Waals surface area contributed by atoms with E-state index < -0.39 is 0 Å². The van der Waals surface area contributed by atoms with Crippen LogP contribution in [0, 0.1) is 0 Å². The maximum Gasteiger partial charge on any atom is 0.121 e. The van der Waals surface area contributed by atoms with Crippen molar-refractivity contribution in [1.29, 1.82) is 0 Å². The van der Waals surface area contributed by atoms with E-state index in [4.69, 9.17) is 39.5 Å². The van der Waals surface area contributed by atoms with Gasteiger partial charge in [-0.25, -0.2) is 0 Å². The highest BCUT2D eigenvalue weighted by molar-refractivity contribution is 7.99. The smallest absolute Gasteiger partial charge is 0.121 e. The molecule has 6 heteroatoms. The van der Waals surface area contributed by atoms with Crippen molar-refractivity contribution < 1.29 is 4.74 Å². The summed E-state index contributed by atoms with van der Waals surface area (Å²) in [6, 6.07) is 7.27. The summed E-state index contributed by atoms with van der Waals surface area (Å²) in [7, 11) is 1.61. The van der Waals surface area contributed by atoms with E-state index in [0.717, 1.165) is 26.9 Å². The molecule has 0 amide bonds. The van der Waals surface area contributed by atoms with Crippen molar-refractivity contribution in [3.63, 3.8) is 0 Å². The fourth-order valence-corrected chi connectivity index (χ4v) is 3.97. The van der Waals surface area contributed by atoms with Crippen LogP contribution < -0.4 is 10.1 Å². The highest BCUT2D eigenvalue weighted by Gasteiger charge is 2.21. The minimum Gasteiger partial charge on any atom is -0.497 e. The molecule has 0 bridgehead atoms. The molecule has 0 saturated heterocycles. The van der Waals surface area contributed by atoms with E-state index in [9.17, 15) is 0 Å². The Morgan fingerprint density at radius 1 is 0.947 bits per heavy atom. The minimum absolute atomic E-state index is 0.576. The molecule has 1 aliphatic heterocycles. The largest absolute Gasteiger partial charge is 0.497 e. The third-order valence-electron chi connectivity index (χ3n) is 2.75.